The molecule has 0 radical (unpaired) electrons. The number of carbonyl (C=O) groups excluding carboxylic acids is 2. The molecular formula is C20H20FNO5S. The SMILES string of the molecule is O=C(CCS(=O)(=O)c1ccc(F)cc1)O[C@H](C(=O)NC1CC1)c1ccccc1. The first-order valence-electron chi connectivity index (χ1n) is 8.88. The van der Waals surface area contributed by atoms with Gasteiger partial charge in [0.25, 0.3) is 5.91 Å². The van der Waals surface area contributed by atoms with Crippen molar-refractivity contribution in [3.05, 3.63) is 66.0 Å². The molecule has 0 unspecified atom stereocenters. The van der Waals surface area contributed by atoms with Gasteiger partial charge in [-0.15, -0.1) is 0 Å². The van der Waals surface area contributed by atoms with Gasteiger partial charge in [0.15, 0.2) is 9.84 Å². The number of sulfone groups is 1. The van der Waals surface area contributed by atoms with E-state index in [1.165, 1.54) is 0 Å². The van der Waals surface area contributed by atoms with Gasteiger partial charge in [0.1, 0.15) is 5.82 Å². The van der Waals surface area contributed by atoms with Crippen LogP contribution in [0, 0.1) is 5.82 Å². The van der Waals surface area contributed by atoms with Crippen LogP contribution in [0.1, 0.15) is 30.9 Å². The summed E-state index contributed by atoms with van der Waals surface area (Å²) in [6, 6.07) is 13.0. The first-order chi connectivity index (χ1) is 13.3. The highest BCUT2D eigenvalue weighted by molar-refractivity contribution is 7.91. The van der Waals surface area contributed by atoms with E-state index in [4.69, 9.17) is 4.74 Å². The summed E-state index contributed by atoms with van der Waals surface area (Å²) >= 11 is 0. The molecule has 8 heteroatoms. The van der Waals surface area contributed by atoms with Gasteiger partial charge in [0.2, 0.25) is 6.10 Å². The fourth-order valence-corrected chi connectivity index (χ4v) is 3.80. The van der Waals surface area contributed by atoms with Crippen molar-refractivity contribution < 1.29 is 27.1 Å². The Labute approximate surface area is 162 Å². The van der Waals surface area contributed by atoms with Crippen LogP contribution in [0.25, 0.3) is 0 Å². The Hall–Kier alpha value is -2.74. The maximum atomic E-state index is 13.0. The lowest BCUT2D eigenvalue weighted by Gasteiger charge is -2.18. The molecule has 3 rings (SSSR count). The van der Waals surface area contributed by atoms with E-state index in [0.717, 1.165) is 37.1 Å². The highest BCUT2D eigenvalue weighted by Gasteiger charge is 2.31. The topological polar surface area (TPSA) is 89.5 Å². The smallest absolute Gasteiger partial charge is 0.307 e. The molecule has 2 aromatic rings. The second-order valence-electron chi connectivity index (χ2n) is 6.59. The number of rotatable bonds is 8. The van der Waals surface area contributed by atoms with Crippen LogP contribution in [-0.4, -0.2) is 32.1 Å². The predicted octanol–water partition coefficient (Wildman–Crippen LogP) is 2.55. The average molecular weight is 405 g/mol. The number of hydrogen-bond acceptors (Lipinski definition) is 5. The summed E-state index contributed by atoms with van der Waals surface area (Å²) in [6.45, 7) is 0. The quantitative estimate of drug-likeness (QED) is 0.539. The van der Waals surface area contributed by atoms with Crippen molar-refractivity contribution in [1.29, 1.82) is 0 Å². The Morgan fingerprint density at radius 1 is 1.07 bits per heavy atom. The second-order valence-corrected chi connectivity index (χ2v) is 8.70. The molecule has 1 N–H and O–H groups in total. The van der Waals surface area contributed by atoms with Gasteiger partial charge in [0.05, 0.1) is 17.1 Å². The van der Waals surface area contributed by atoms with Gasteiger partial charge in [-0.2, -0.15) is 0 Å². The third-order valence-corrected chi connectivity index (χ3v) is 5.99. The number of amides is 1. The molecule has 1 amide bonds. The number of ether oxygens (including phenoxy) is 1. The van der Waals surface area contributed by atoms with Crippen LogP contribution in [0.5, 0.6) is 0 Å². The molecule has 1 fully saturated rings. The predicted molar refractivity (Wildman–Crippen MR) is 99.5 cm³/mol. The molecule has 148 valence electrons. The molecule has 1 saturated carbocycles. The van der Waals surface area contributed by atoms with Gasteiger partial charge >= 0.3 is 5.97 Å². The maximum Gasteiger partial charge on any atom is 0.307 e. The van der Waals surface area contributed by atoms with Crippen LogP contribution in [0.3, 0.4) is 0 Å². The summed E-state index contributed by atoms with van der Waals surface area (Å²) in [4.78, 5) is 24.6. The summed E-state index contributed by atoms with van der Waals surface area (Å²) in [5.41, 5.74) is 0.510. The third kappa shape index (κ3) is 5.39. The van der Waals surface area contributed by atoms with Crippen molar-refractivity contribution in [2.75, 3.05) is 5.75 Å². The number of halogens is 1. The number of esters is 1. The van der Waals surface area contributed by atoms with Crippen LogP contribution in [0.4, 0.5) is 4.39 Å². The van der Waals surface area contributed by atoms with Crippen LogP contribution in [0.2, 0.25) is 0 Å². The Bertz CT molecular complexity index is 940. The Balaban J connectivity index is 1.64. The molecule has 0 aliphatic heterocycles. The van der Waals surface area contributed by atoms with E-state index < -0.39 is 45.8 Å². The van der Waals surface area contributed by atoms with Crippen molar-refractivity contribution in [2.24, 2.45) is 0 Å². The molecule has 0 bridgehead atoms. The highest BCUT2D eigenvalue weighted by Crippen LogP contribution is 2.24. The maximum absolute atomic E-state index is 13.0. The van der Waals surface area contributed by atoms with Crippen molar-refractivity contribution in [3.8, 4) is 0 Å². The van der Waals surface area contributed by atoms with Gasteiger partial charge in [0, 0.05) is 11.6 Å². The zero-order valence-electron chi connectivity index (χ0n) is 15.0. The molecule has 1 aliphatic rings. The molecule has 28 heavy (non-hydrogen) atoms. The van der Waals surface area contributed by atoms with E-state index in [0.29, 0.717) is 5.56 Å². The van der Waals surface area contributed by atoms with Gasteiger partial charge in [-0.25, -0.2) is 12.8 Å². The summed E-state index contributed by atoms with van der Waals surface area (Å²) in [7, 11) is -3.77. The fourth-order valence-electron chi connectivity index (χ4n) is 2.57. The van der Waals surface area contributed by atoms with E-state index in [1.807, 2.05) is 0 Å². The molecule has 1 atom stereocenters. The molecule has 0 heterocycles. The summed E-state index contributed by atoms with van der Waals surface area (Å²) in [6.07, 6.45) is 0.219. The minimum Gasteiger partial charge on any atom is -0.447 e. The summed E-state index contributed by atoms with van der Waals surface area (Å²) in [5, 5.41) is 2.79. The van der Waals surface area contributed by atoms with Crippen LogP contribution in [-0.2, 0) is 24.2 Å². The van der Waals surface area contributed by atoms with Gasteiger partial charge < -0.3 is 10.1 Å². The van der Waals surface area contributed by atoms with E-state index in [1.54, 1.807) is 30.3 Å². The molecule has 1 aliphatic carbocycles. The number of nitrogens with one attached hydrogen (secondary N) is 1. The largest absolute Gasteiger partial charge is 0.447 e. The van der Waals surface area contributed by atoms with Crippen molar-refractivity contribution in [3.63, 3.8) is 0 Å². The Morgan fingerprint density at radius 2 is 1.71 bits per heavy atom. The van der Waals surface area contributed by atoms with E-state index in [2.05, 4.69) is 5.32 Å². The third-order valence-electron chi connectivity index (χ3n) is 4.26. The van der Waals surface area contributed by atoms with E-state index >= 15 is 0 Å². The van der Waals surface area contributed by atoms with Gasteiger partial charge in [-0.05, 0) is 37.1 Å². The van der Waals surface area contributed by atoms with Crippen LogP contribution in [0.15, 0.2) is 59.5 Å². The van der Waals surface area contributed by atoms with Gasteiger partial charge in [-0.1, -0.05) is 30.3 Å². The van der Waals surface area contributed by atoms with Crippen LogP contribution < -0.4 is 5.32 Å². The van der Waals surface area contributed by atoms with Crippen molar-refractivity contribution in [2.45, 2.75) is 36.3 Å². The lowest BCUT2D eigenvalue weighted by molar-refractivity contribution is -0.156. The monoisotopic (exact) mass is 405 g/mol. The standard InChI is InChI=1S/C20H20FNO5S/c21-15-6-10-17(11-7-15)28(25,26)13-12-18(23)27-19(14-4-2-1-3-5-14)20(24)22-16-8-9-16/h1-7,10-11,16,19H,8-9,12-13H2,(H,22,24)/t19-/m0/s1. The zero-order valence-corrected chi connectivity index (χ0v) is 15.8. The fraction of sp³-hybridized carbons (Fsp3) is 0.300. The molecule has 0 aromatic heterocycles. The van der Waals surface area contributed by atoms with E-state index in [9.17, 15) is 22.4 Å². The molecule has 0 saturated heterocycles. The average Bonchev–Trinajstić information content (AvgIpc) is 3.49. The molecule has 6 nitrogen and oxygen atoms in total. The first kappa shape index (κ1) is 20.0. The lowest BCUT2D eigenvalue weighted by Crippen LogP contribution is -2.33. The number of benzene rings is 2. The second kappa shape index (κ2) is 8.52. The number of carbonyl (C=O) groups is 2. The highest BCUT2D eigenvalue weighted by atomic mass is 32.2. The molecular weight excluding hydrogens is 385 g/mol. The normalized spacial score (nSPS) is 14.9. The van der Waals surface area contributed by atoms with Crippen LogP contribution >= 0.6 is 0 Å². The van der Waals surface area contributed by atoms with Crippen molar-refractivity contribution in [1.82, 2.24) is 5.32 Å². The zero-order chi connectivity index (χ0) is 20.1. The lowest BCUT2D eigenvalue weighted by atomic mass is 10.1. The summed E-state index contributed by atoms with van der Waals surface area (Å²) < 4.78 is 42.8. The molecule has 2 aromatic carbocycles. The summed E-state index contributed by atoms with van der Waals surface area (Å²) in [5.74, 6) is -2.27. The van der Waals surface area contributed by atoms with Gasteiger partial charge in [-0.3, -0.25) is 9.59 Å². The van der Waals surface area contributed by atoms with Crippen molar-refractivity contribution >= 4 is 21.7 Å². The molecule has 0 spiro atoms. The Morgan fingerprint density at radius 3 is 2.32 bits per heavy atom. The minimum atomic E-state index is -3.77. The Kier molecular flexibility index (Phi) is 6.08. The minimum absolute atomic E-state index is 0.0761. The van der Waals surface area contributed by atoms with E-state index in [-0.39, 0.29) is 10.9 Å². The number of hydrogen-bond donors (Lipinski definition) is 1. The first-order valence-corrected chi connectivity index (χ1v) is 10.5.